The molecule has 33 heavy (non-hydrogen) atoms. The molecule has 1 saturated heterocycles. The quantitative estimate of drug-likeness (QED) is 0.653. The maximum absolute atomic E-state index is 13.1. The minimum absolute atomic E-state index is 0.000716. The van der Waals surface area contributed by atoms with E-state index in [4.69, 9.17) is 4.98 Å². The van der Waals surface area contributed by atoms with Crippen LogP contribution < -0.4 is 5.32 Å². The molecule has 3 aliphatic rings. The molecule has 184 valence electrons. The van der Waals surface area contributed by atoms with Crippen molar-refractivity contribution in [1.82, 2.24) is 9.88 Å². The van der Waals surface area contributed by atoms with Crippen LogP contribution in [0.15, 0.2) is 0 Å². The predicted octanol–water partition coefficient (Wildman–Crippen LogP) is 4.83. The van der Waals surface area contributed by atoms with E-state index in [0.717, 1.165) is 50.9 Å². The highest BCUT2D eigenvalue weighted by Gasteiger charge is 2.54. The van der Waals surface area contributed by atoms with Crippen molar-refractivity contribution in [1.29, 1.82) is 0 Å². The van der Waals surface area contributed by atoms with Gasteiger partial charge in [0.25, 0.3) is 0 Å². The maximum atomic E-state index is 13.1. The summed E-state index contributed by atoms with van der Waals surface area (Å²) < 4.78 is 0. The largest absolute Gasteiger partial charge is 0.392 e. The first-order chi connectivity index (χ1) is 15.4. The molecule has 6 unspecified atom stereocenters. The van der Waals surface area contributed by atoms with E-state index < -0.39 is 6.10 Å². The second-order valence-electron chi connectivity index (χ2n) is 12.3. The number of nitrogens with zero attached hydrogens (tertiary/aromatic N) is 2. The van der Waals surface area contributed by atoms with Crippen LogP contribution in [-0.2, 0) is 16.0 Å². The van der Waals surface area contributed by atoms with Crippen LogP contribution in [0.5, 0.6) is 0 Å². The van der Waals surface area contributed by atoms with Gasteiger partial charge in [-0.2, -0.15) is 0 Å². The number of fused-ring (bicyclic) bond motifs is 2. The molecule has 1 saturated carbocycles. The molecule has 6 atom stereocenters. The number of rotatable bonds is 4. The molecule has 7 heteroatoms. The zero-order valence-electron chi connectivity index (χ0n) is 21.1. The van der Waals surface area contributed by atoms with Gasteiger partial charge in [-0.1, -0.05) is 41.5 Å². The number of carbonyl (C=O) groups is 2. The summed E-state index contributed by atoms with van der Waals surface area (Å²) in [5.41, 5.74) is 0.934. The van der Waals surface area contributed by atoms with Crippen molar-refractivity contribution in [3.05, 3.63) is 10.6 Å². The van der Waals surface area contributed by atoms with Gasteiger partial charge < -0.3 is 15.3 Å². The van der Waals surface area contributed by atoms with E-state index in [0.29, 0.717) is 11.6 Å². The van der Waals surface area contributed by atoms with E-state index in [2.05, 4.69) is 39.9 Å². The molecule has 2 heterocycles. The molecule has 1 aromatic rings. The Labute approximate surface area is 202 Å². The van der Waals surface area contributed by atoms with Gasteiger partial charge in [-0.25, -0.2) is 4.98 Å². The topological polar surface area (TPSA) is 82.5 Å². The Kier molecular flexibility index (Phi) is 6.69. The van der Waals surface area contributed by atoms with E-state index >= 15 is 0 Å². The third kappa shape index (κ3) is 4.86. The Bertz CT molecular complexity index is 901. The first kappa shape index (κ1) is 24.6. The van der Waals surface area contributed by atoms with Gasteiger partial charge in [-0.15, -0.1) is 11.3 Å². The van der Waals surface area contributed by atoms with Crippen LogP contribution in [0.2, 0.25) is 0 Å². The summed E-state index contributed by atoms with van der Waals surface area (Å²) in [6.45, 7) is 14.4. The van der Waals surface area contributed by atoms with Crippen molar-refractivity contribution >= 4 is 28.3 Å². The molecule has 1 aromatic heterocycles. The van der Waals surface area contributed by atoms with Gasteiger partial charge in [0, 0.05) is 36.2 Å². The summed E-state index contributed by atoms with van der Waals surface area (Å²) in [7, 11) is 0. The third-order valence-electron chi connectivity index (χ3n) is 8.31. The van der Waals surface area contributed by atoms with Crippen LogP contribution in [0.1, 0.15) is 90.1 Å². The predicted molar refractivity (Wildman–Crippen MR) is 132 cm³/mol. The number of aromatic nitrogens is 1. The van der Waals surface area contributed by atoms with Crippen molar-refractivity contribution in [3.63, 3.8) is 0 Å². The number of aliphatic hydroxyl groups excluding tert-OH is 1. The zero-order chi connectivity index (χ0) is 24.1. The number of carbonyl (C=O) groups excluding carboxylic acids is 2. The summed E-state index contributed by atoms with van der Waals surface area (Å²) in [6.07, 6.45) is 4.87. The van der Waals surface area contributed by atoms with Gasteiger partial charge in [0.05, 0.1) is 11.8 Å². The van der Waals surface area contributed by atoms with Crippen molar-refractivity contribution < 1.29 is 14.7 Å². The van der Waals surface area contributed by atoms with Crippen LogP contribution in [0.4, 0.5) is 5.13 Å². The van der Waals surface area contributed by atoms with E-state index in [9.17, 15) is 14.7 Å². The molecule has 0 spiro atoms. The smallest absolute Gasteiger partial charge is 0.226 e. The average molecular weight is 476 g/mol. The molecule has 1 aliphatic heterocycles. The number of aliphatic hydroxyl groups is 1. The number of thiazole rings is 1. The first-order valence-corrected chi connectivity index (χ1v) is 13.5. The van der Waals surface area contributed by atoms with Crippen molar-refractivity contribution in [2.75, 3.05) is 18.4 Å². The van der Waals surface area contributed by atoms with Crippen LogP contribution in [0, 0.1) is 28.6 Å². The Morgan fingerprint density at radius 1 is 1.30 bits per heavy atom. The minimum Gasteiger partial charge on any atom is -0.392 e. The first-order valence-electron chi connectivity index (χ1n) is 12.7. The number of likely N-dealkylation sites (tertiary alicyclic amines) is 1. The maximum Gasteiger partial charge on any atom is 0.226 e. The third-order valence-corrected chi connectivity index (χ3v) is 9.30. The summed E-state index contributed by atoms with van der Waals surface area (Å²) in [5.74, 6) is 0.206. The minimum atomic E-state index is -0.519. The van der Waals surface area contributed by atoms with E-state index in [1.807, 2.05) is 11.8 Å². The second kappa shape index (κ2) is 8.95. The summed E-state index contributed by atoms with van der Waals surface area (Å²) in [5, 5.41) is 15.3. The van der Waals surface area contributed by atoms with Gasteiger partial charge in [0.15, 0.2) is 5.13 Å². The lowest BCUT2D eigenvalue weighted by molar-refractivity contribution is -0.143. The van der Waals surface area contributed by atoms with E-state index in [1.54, 1.807) is 11.3 Å². The molecule has 2 N–H and O–H groups in total. The zero-order valence-corrected chi connectivity index (χ0v) is 21.9. The van der Waals surface area contributed by atoms with Crippen molar-refractivity contribution in [3.8, 4) is 0 Å². The molecular weight excluding hydrogens is 434 g/mol. The Morgan fingerprint density at radius 2 is 1.97 bits per heavy atom. The Hall–Kier alpha value is -1.47. The normalized spacial score (nSPS) is 32.8. The fraction of sp³-hybridized carbons (Fsp3) is 0.808. The Morgan fingerprint density at radius 3 is 2.61 bits per heavy atom. The lowest BCUT2D eigenvalue weighted by Gasteiger charge is -2.53. The highest BCUT2D eigenvalue weighted by atomic mass is 32.1. The lowest BCUT2D eigenvalue weighted by atomic mass is 9.53. The Balaban J connectivity index is 1.52. The molecule has 0 aromatic carbocycles. The number of amides is 2. The molecular formula is C26H41N3O3S. The van der Waals surface area contributed by atoms with Gasteiger partial charge >= 0.3 is 0 Å². The molecule has 2 fully saturated rings. The summed E-state index contributed by atoms with van der Waals surface area (Å²) in [4.78, 5) is 33.6. The lowest BCUT2D eigenvalue weighted by Crippen LogP contribution is -2.53. The summed E-state index contributed by atoms with van der Waals surface area (Å²) in [6, 6.07) is 0. The molecule has 0 bridgehead atoms. The van der Waals surface area contributed by atoms with Crippen molar-refractivity contribution in [2.45, 2.75) is 92.1 Å². The van der Waals surface area contributed by atoms with Crippen LogP contribution >= 0.6 is 11.3 Å². The highest BCUT2D eigenvalue weighted by molar-refractivity contribution is 7.15. The van der Waals surface area contributed by atoms with Crippen LogP contribution in [0.25, 0.3) is 0 Å². The fourth-order valence-corrected chi connectivity index (χ4v) is 7.93. The van der Waals surface area contributed by atoms with E-state index in [1.165, 1.54) is 4.88 Å². The van der Waals surface area contributed by atoms with Crippen LogP contribution in [0.3, 0.4) is 0 Å². The molecule has 2 amide bonds. The van der Waals surface area contributed by atoms with Crippen LogP contribution in [-0.4, -0.2) is 46.0 Å². The van der Waals surface area contributed by atoms with Gasteiger partial charge in [0.2, 0.25) is 11.8 Å². The number of hydrogen-bond donors (Lipinski definition) is 2. The van der Waals surface area contributed by atoms with Gasteiger partial charge in [-0.05, 0) is 54.8 Å². The van der Waals surface area contributed by atoms with E-state index in [-0.39, 0.29) is 46.3 Å². The molecule has 6 nitrogen and oxygen atoms in total. The standard InChI is InChI=1S/C26H41N3O3S/c1-15(23(32)29-11-7-8-12-29)17-9-10-26(6)13-18-21(16(2)20(26)22(17)31)28-24(33-18)27-19(30)14-25(3,4)5/h15-17,20,22,31H,7-14H2,1-6H3,(H,27,28,30). The highest BCUT2D eigenvalue weighted by Crippen LogP contribution is 2.57. The molecule has 0 radical (unpaired) electrons. The monoisotopic (exact) mass is 475 g/mol. The molecule has 2 aliphatic carbocycles. The number of nitrogens with one attached hydrogen (secondary N) is 1. The van der Waals surface area contributed by atoms with Gasteiger partial charge in [0.1, 0.15) is 0 Å². The number of anilines is 1. The number of hydrogen-bond acceptors (Lipinski definition) is 5. The average Bonchev–Trinajstić information content (AvgIpc) is 3.35. The fourth-order valence-electron chi connectivity index (χ4n) is 6.65. The second-order valence-corrected chi connectivity index (χ2v) is 13.4. The van der Waals surface area contributed by atoms with Gasteiger partial charge in [-0.3, -0.25) is 9.59 Å². The molecule has 4 rings (SSSR count). The van der Waals surface area contributed by atoms with Crippen molar-refractivity contribution in [2.24, 2.45) is 28.6 Å². The SMILES string of the molecule is CC(C(=O)N1CCCC1)C1CCC2(C)Cc3sc(NC(=O)CC(C)(C)C)nc3C(C)C2C1O. The summed E-state index contributed by atoms with van der Waals surface area (Å²) >= 11 is 1.59.